The van der Waals surface area contributed by atoms with Crippen LogP contribution < -0.4 is 5.32 Å². The van der Waals surface area contributed by atoms with Crippen LogP contribution in [0.5, 0.6) is 0 Å². The summed E-state index contributed by atoms with van der Waals surface area (Å²) < 4.78 is 7.09. The van der Waals surface area contributed by atoms with Crippen LogP contribution in [0.3, 0.4) is 0 Å². The maximum atomic E-state index is 12.4. The number of hydrogen-bond acceptors (Lipinski definition) is 4. The van der Waals surface area contributed by atoms with Crippen molar-refractivity contribution in [2.24, 2.45) is 0 Å². The lowest BCUT2D eigenvalue weighted by Crippen LogP contribution is -2.46. The van der Waals surface area contributed by atoms with E-state index in [-0.39, 0.29) is 12.1 Å². The van der Waals surface area contributed by atoms with Crippen molar-refractivity contribution in [3.8, 4) is 0 Å². The normalized spacial score (nSPS) is 18.0. The Kier molecular flexibility index (Phi) is 6.67. The van der Waals surface area contributed by atoms with Crippen molar-refractivity contribution in [3.63, 3.8) is 0 Å². The van der Waals surface area contributed by atoms with Crippen molar-refractivity contribution in [1.29, 1.82) is 0 Å². The molecule has 0 bridgehead atoms. The number of carbonyl (C=O) groups is 1. The summed E-state index contributed by atoms with van der Waals surface area (Å²) in [6, 6.07) is 0.107. The number of nitrogens with one attached hydrogen (secondary N) is 1. The van der Waals surface area contributed by atoms with Gasteiger partial charge in [0.15, 0.2) is 0 Å². The summed E-state index contributed by atoms with van der Waals surface area (Å²) in [5.41, 5.74) is 0. The fourth-order valence-corrected chi connectivity index (χ4v) is 2.68. The average molecular weight is 309 g/mol. The first-order valence-electron chi connectivity index (χ1n) is 7.91. The Morgan fingerprint density at radius 2 is 2.23 bits per heavy atom. The molecular formula is C15H27N5O2. The molecule has 7 nitrogen and oxygen atoms in total. The number of hydrogen-bond donors (Lipinski definition) is 1. The van der Waals surface area contributed by atoms with E-state index in [1.54, 1.807) is 19.6 Å². The lowest BCUT2D eigenvalue weighted by Gasteiger charge is -2.24. The van der Waals surface area contributed by atoms with Gasteiger partial charge >= 0.3 is 6.03 Å². The molecule has 1 aromatic heterocycles. The molecule has 1 aromatic rings. The highest BCUT2D eigenvalue weighted by molar-refractivity contribution is 5.74. The molecule has 0 aromatic carbocycles. The number of urea groups is 1. The van der Waals surface area contributed by atoms with Crippen LogP contribution in [0.2, 0.25) is 0 Å². The van der Waals surface area contributed by atoms with E-state index < -0.39 is 0 Å². The summed E-state index contributed by atoms with van der Waals surface area (Å²) in [6.45, 7) is 7.95. The lowest BCUT2D eigenvalue weighted by molar-refractivity contribution is 0.149. The van der Waals surface area contributed by atoms with Gasteiger partial charge < -0.3 is 19.5 Å². The van der Waals surface area contributed by atoms with Gasteiger partial charge in [-0.15, -0.1) is 0 Å². The van der Waals surface area contributed by atoms with Crippen molar-refractivity contribution in [1.82, 2.24) is 24.7 Å². The largest absolute Gasteiger partial charge is 0.383 e. The van der Waals surface area contributed by atoms with Crippen molar-refractivity contribution in [3.05, 3.63) is 18.7 Å². The zero-order chi connectivity index (χ0) is 15.8. The summed E-state index contributed by atoms with van der Waals surface area (Å²) in [6.07, 6.45) is 6.43. The van der Waals surface area contributed by atoms with Crippen molar-refractivity contribution in [2.45, 2.75) is 25.9 Å². The van der Waals surface area contributed by atoms with Crippen LogP contribution in [0.15, 0.2) is 18.7 Å². The van der Waals surface area contributed by atoms with Crippen LogP contribution in [-0.4, -0.2) is 77.9 Å². The van der Waals surface area contributed by atoms with Gasteiger partial charge in [0.2, 0.25) is 0 Å². The van der Waals surface area contributed by atoms with Gasteiger partial charge in [0.05, 0.1) is 12.9 Å². The van der Waals surface area contributed by atoms with Crippen LogP contribution in [0, 0.1) is 0 Å². The van der Waals surface area contributed by atoms with E-state index in [0.29, 0.717) is 0 Å². The fraction of sp³-hybridized carbons (Fsp3) is 0.733. The Labute approximate surface area is 132 Å². The highest BCUT2D eigenvalue weighted by atomic mass is 16.5. The van der Waals surface area contributed by atoms with Gasteiger partial charge in [0, 0.05) is 58.3 Å². The second kappa shape index (κ2) is 8.75. The minimum atomic E-state index is 0.0289. The summed E-state index contributed by atoms with van der Waals surface area (Å²) in [5.74, 6) is 0. The molecule has 7 heteroatoms. The number of methoxy groups -OCH3 is 1. The molecule has 1 saturated heterocycles. The van der Waals surface area contributed by atoms with Crippen molar-refractivity contribution < 1.29 is 9.53 Å². The third-order valence-electron chi connectivity index (χ3n) is 3.90. The summed E-state index contributed by atoms with van der Waals surface area (Å²) >= 11 is 0. The maximum Gasteiger partial charge on any atom is 0.317 e. The predicted octanol–water partition coefficient (Wildman–Crippen LogP) is 0.635. The van der Waals surface area contributed by atoms with Crippen molar-refractivity contribution >= 4 is 6.03 Å². The Morgan fingerprint density at radius 1 is 1.36 bits per heavy atom. The zero-order valence-corrected chi connectivity index (χ0v) is 13.6. The SMILES string of the molecule is COCCN1CCCN(C(=O)NC(C)Cn2ccnc2)CC1. The van der Waals surface area contributed by atoms with Crippen LogP contribution in [0.4, 0.5) is 4.79 Å². The molecule has 1 unspecified atom stereocenters. The van der Waals surface area contributed by atoms with Crippen LogP contribution in [0.25, 0.3) is 0 Å². The Morgan fingerprint density at radius 3 is 2.95 bits per heavy atom. The Balaban J connectivity index is 1.74. The van der Waals surface area contributed by atoms with Gasteiger partial charge in [-0.1, -0.05) is 0 Å². The van der Waals surface area contributed by atoms with Crippen LogP contribution in [0.1, 0.15) is 13.3 Å². The first-order chi connectivity index (χ1) is 10.7. The number of imidazole rings is 1. The maximum absolute atomic E-state index is 12.4. The molecule has 2 amide bonds. The molecule has 1 aliphatic heterocycles. The Bertz CT molecular complexity index is 437. The van der Waals surface area contributed by atoms with E-state index in [9.17, 15) is 4.79 Å². The minimum Gasteiger partial charge on any atom is -0.383 e. The molecule has 0 radical (unpaired) electrons. The number of amides is 2. The average Bonchev–Trinajstić information content (AvgIpc) is 2.87. The third kappa shape index (κ3) is 5.31. The highest BCUT2D eigenvalue weighted by Gasteiger charge is 2.20. The van der Waals surface area contributed by atoms with Gasteiger partial charge in [-0.3, -0.25) is 4.90 Å². The monoisotopic (exact) mass is 309 g/mol. The second-order valence-corrected chi connectivity index (χ2v) is 5.79. The van der Waals surface area contributed by atoms with Crippen molar-refractivity contribution in [2.75, 3.05) is 46.4 Å². The number of nitrogens with zero attached hydrogens (tertiary/aromatic N) is 4. The lowest BCUT2D eigenvalue weighted by atomic mass is 10.3. The Hall–Kier alpha value is -1.60. The first-order valence-corrected chi connectivity index (χ1v) is 7.91. The topological polar surface area (TPSA) is 62.6 Å². The van der Waals surface area contributed by atoms with Gasteiger partial charge in [0.25, 0.3) is 0 Å². The highest BCUT2D eigenvalue weighted by Crippen LogP contribution is 2.04. The fourth-order valence-electron chi connectivity index (χ4n) is 2.68. The van der Waals surface area contributed by atoms with Gasteiger partial charge in [-0.05, 0) is 19.9 Å². The summed E-state index contributed by atoms with van der Waals surface area (Å²) in [4.78, 5) is 20.6. The summed E-state index contributed by atoms with van der Waals surface area (Å²) in [7, 11) is 1.72. The summed E-state index contributed by atoms with van der Waals surface area (Å²) in [5, 5.41) is 3.07. The smallest absolute Gasteiger partial charge is 0.317 e. The quantitative estimate of drug-likeness (QED) is 0.837. The molecule has 1 fully saturated rings. The standard InChI is InChI=1S/C15H27N5O2/c1-14(12-19-7-4-16-13-19)17-15(21)20-6-3-5-18(8-9-20)10-11-22-2/h4,7,13-14H,3,5-6,8-12H2,1-2H3,(H,17,21). The molecule has 0 spiro atoms. The third-order valence-corrected chi connectivity index (χ3v) is 3.90. The predicted molar refractivity (Wildman–Crippen MR) is 84.7 cm³/mol. The molecule has 1 aliphatic rings. The molecule has 0 saturated carbocycles. The number of rotatable bonds is 6. The van der Waals surface area contributed by atoms with Gasteiger partial charge in [-0.2, -0.15) is 0 Å². The number of aromatic nitrogens is 2. The zero-order valence-electron chi connectivity index (χ0n) is 13.6. The number of carbonyl (C=O) groups excluding carboxylic acids is 1. The van der Waals surface area contributed by atoms with E-state index >= 15 is 0 Å². The molecule has 124 valence electrons. The molecule has 2 rings (SSSR count). The molecular weight excluding hydrogens is 282 g/mol. The first kappa shape index (κ1) is 16.8. The minimum absolute atomic E-state index is 0.0289. The van der Waals surface area contributed by atoms with E-state index in [1.165, 1.54) is 0 Å². The molecule has 1 N–H and O–H groups in total. The molecule has 2 heterocycles. The van der Waals surface area contributed by atoms with Crippen LogP contribution in [-0.2, 0) is 11.3 Å². The molecule has 0 aliphatic carbocycles. The van der Waals surface area contributed by atoms with E-state index in [4.69, 9.17) is 4.74 Å². The van der Waals surface area contributed by atoms with Gasteiger partial charge in [0.1, 0.15) is 0 Å². The van der Waals surface area contributed by atoms with E-state index in [0.717, 1.165) is 52.3 Å². The second-order valence-electron chi connectivity index (χ2n) is 5.79. The molecule has 1 atom stereocenters. The number of ether oxygens (including phenoxy) is 1. The van der Waals surface area contributed by atoms with Gasteiger partial charge in [-0.25, -0.2) is 9.78 Å². The van der Waals surface area contributed by atoms with E-state index in [1.807, 2.05) is 22.6 Å². The van der Waals surface area contributed by atoms with E-state index in [2.05, 4.69) is 15.2 Å². The molecule has 22 heavy (non-hydrogen) atoms. The van der Waals surface area contributed by atoms with Crippen LogP contribution >= 0.6 is 0 Å².